The fraction of sp³-hybridized carbons (Fsp3) is 0.200. The fourth-order valence-electron chi connectivity index (χ4n) is 0.989. The third-order valence-corrected chi connectivity index (χ3v) is 1.61. The molecule has 3 nitrogen and oxygen atoms in total. The number of nitrogens with zero attached hydrogens (tertiary/aromatic N) is 2. The number of rotatable bonds is 2. The molecule has 0 bridgehead atoms. The van der Waals surface area contributed by atoms with Crippen molar-refractivity contribution in [1.82, 2.24) is 4.98 Å². The highest BCUT2D eigenvalue weighted by Crippen LogP contribution is 2.15. The van der Waals surface area contributed by atoms with Gasteiger partial charge in [-0.05, 0) is 38.3 Å². The van der Waals surface area contributed by atoms with E-state index >= 15 is 0 Å². The van der Waals surface area contributed by atoms with Crippen molar-refractivity contribution in [3.05, 3.63) is 35.8 Å². The van der Waals surface area contributed by atoms with Crippen LogP contribution in [0.5, 0.6) is 0 Å². The first-order valence-electron chi connectivity index (χ1n) is 4.09. The van der Waals surface area contributed by atoms with E-state index in [2.05, 4.69) is 9.98 Å². The number of hydrogen-bond donors (Lipinski definition) is 1. The Morgan fingerprint density at radius 3 is 2.77 bits per heavy atom. The van der Waals surface area contributed by atoms with Crippen LogP contribution in [-0.2, 0) is 0 Å². The number of aryl methyl sites for hydroxylation is 2. The van der Waals surface area contributed by atoms with E-state index in [1.165, 1.54) is 6.20 Å². The smallest absolute Gasteiger partial charge is 0.0842 e. The Labute approximate surface area is 78.0 Å². The van der Waals surface area contributed by atoms with E-state index in [4.69, 9.17) is 5.73 Å². The average Bonchev–Trinajstić information content (AvgIpc) is 2.09. The summed E-state index contributed by atoms with van der Waals surface area (Å²) in [5.74, 6) is 0. The summed E-state index contributed by atoms with van der Waals surface area (Å²) in [7, 11) is 0. The fourth-order valence-corrected chi connectivity index (χ4v) is 0.989. The summed E-state index contributed by atoms with van der Waals surface area (Å²) in [5, 5.41) is 0. The molecule has 68 valence electrons. The molecule has 1 aromatic rings. The Bertz CT molecular complexity index is 340. The Balaban J connectivity index is 2.89. The van der Waals surface area contributed by atoms with Crippen molar-refractivity contribution in [2.45, 2.75) is 13.8 Å². The number of aliphatic imine (C=N–C) groups is 1. The van der Waals surface area contributed by atoms with Gasteiger partial charge in [0.15, 0.2) is 0 Å². The zero-order valence-corrected chi connectivity index (χ0v) is 7.86. The third-order valence-electron chi connectivity index (χ3n) is 1.61. The SMILES string of the molecule is Cc1ccc(/N=C/C=C\N)c(C)n1. The average molecular weight is 175 g/mol. The maximum atomic E-state index is 5.17. The van der Waals surface area contributed by atoms with Crippen LogP contribution in [0.4, 0.5) is 5.69 Å². The predicted octanol–water partition coefficient (Wildman–Crippen LogP) is 1.87. The van der Waals surface area contributed by atoms with Gasteiger partial charge in [-0.2, -0.15) is 0 Å². The molecule has 1 heterocycles. The van der Waals surface area contributed by atoms with Gasteiger partial charge in [0, 0.05) is 11.9 Å². The molecule has 13 heavy (non-hydrogen) atoms. The van der Waals surface area contributed by atoms with Crippen LogP contribution in [0.15, 0.2) is 29.4 Å². The molecule has 0 aliphatic heterocycles. The van der Waals surface area contributed by atoms with Gasteiger partial charge < -0.3 is 5.73 Å². The molecule has 0 aliphatic rings. The lowest BCUT2D eigenvalue weighted by Gasteiger charge is -1.98. The maximum Gasteiger partial charge on any atom is 0.0842 e. The molecule has 0 saturated carbocycles. The van der Waals surface area contributed by atoms with E-state index < -0.39 is 0 Å². The highest BCUT2D eigenvalue weighted by atomic mass is 14.8. The summed E-state index contributed by atoms with van der Waals surface area (Å²) in [5.41, 5.74) is 7.98. The van der Waals surface area contributed by atoms with Crippen molar-refractivity contribution in [1.29, 1.82) is 0 Å². The molecule has 1 rings (SSSR count). The lowest BCUT2D eigenvalue weighted by Crippen LogP contribution is -1.85. The van der Waals surface area contributed by atoms with E-state index in [1.54, 1.807) is 12.3 Å². The van der Waals surface area contributed by atoms with Crippen molar-refractivity contribution in [2.75, 3.05) is 0 Å². The quantitative estimate of drug-likeness (QED) is 0.697. The first kappa shape index (κ1) is 9.45. The summed E-state index contributed by atoms with van der Waals surface area (Å²) in [6, 6.07) is 3.88. The Kier molecular flexibility index (Phi) is 3.20. The van der Waals surface area contributed by atoms with Gasteiger partial charge in [-0.15, -0.1) is 0 Å². The van der Waals surface area contributed by atoms with E-state index in [1.807, 2.05) is 26.0 Å². The molecule has 0 fully saturated rings. The van der Waals surface area contributed by atoms with Crippen LogP contribution in [0.2, 0.25) is 0 Å². The second-order valence-electron chi connectivity index (χ2n) is 2.72. The van der Waals surface area contributed by atoms with Crippen molar-refractivity contribution in [3.63, 3.8) is 0 Å². The van der Waals surface area contributed by atoms with Crippen LogP contribution >= 0.6 is 0 Å². The monoisotopic (exact) mass is 175 g/mol. The van der Waals surface area contributed by atoms with Crippen molar-refractivity contribution >= 4 is 11.9 Å². The molecule has 0 saturated heterocycles. The second kappa shape index (κ2) is 4.40. The first-order valence-corrected chi connectivity index (χ1v) is 4.09. The van der Waals surface area contributed by atoms with Crippen molar-refractivity contribution in [2.24, 2.45) is 10.7 Å². The zero-order chi connectivity index (χ0) is 9.68. The Morgan fingerprint density at radius 2 is 2.15 bits per heavy atom. The predicted molar refractivity (Wildman–Crippen MR) is 55.2 cm³/mol. The van der Waals surface area contributed by atoms with Crippen LogP contribution < -0.4 is 5.73 Å². The highest BCUT2D eigenvalue weighted by molar-refractivity contribution is 5.74. The molecule has 0 radical (unpaired) electrons. The normalized spacial score (nSPS) is 11.5. The van der Waals surface area contributed by atoms with Gasteiger partial charge in [0.25, 0.3) is 0 Å². The van der Waals surface area contributed by atoms with E-state index in [-0.39, 0.29) is 0 Å². The number of aromatic nitrogens is 1. The minimum absolute atomic E-state index is 0.878. The third kappa shape index (κ3) is 2.71. The van der Waals surface area contributed by atoms with Gasteiger partial charge in [-0.1, -0.05) is 0 Å². The molecule has 0 atom stereocenters. The Morgan fingerprint density at radius 1 is 1.38 bits per heavy atom. The lowest BCUT2D eigenvalue weighted by molar-refractivity contribution is 1.12. The molecule has 0 unspecified atom stereocenters. The summed E-state index contributed by atoms with van der Waals surface area (Å²) in [4.78, 5) is 8.47. The largest absolute Gasteiger partial charge is 0.405 e. The van der Waals surface area contributed by atoms with E-state index in [0.717, 1.165) is 17.1 Å². The summed E-state index contributed by atoms with van der Waals surface area (Å²) in [6.45, 7) is 3.89. The van der Waals surface area contributed by atoms with Crippen molar-refractivity contribution in [3.8, 4) is 0 Å². The van der Waals surface area contributed by atoms with Crippen LogP contribution in [0.3, 0.4) is 0 Å². The second-order valence-corrected chi connectivity index (χ2v) is 2.72. The van der Waals surface area contributed by atoms with Crippen LogP contribution in [0.25, 0.3) is 0 Å². The van der Waals surface area contributed by atoms with Gasteiger partial charge in [-0.25, -0.2) is 0 Å². The number of pyridine rings is 1. The number of allylic oxidation sites excluding steroid dienone is 1. The van der Waals surface area contributed by atoms with Gasteiger partial charge >= 0.3 is 0 Å². The number of hydrogen-bond acceptors (Lipinski definition) is 3. The molecule has 3 heteroatoms. The van der Waals surface area contributed by atoms with Crippen LogP contribution in [0.1, 0.15) is 11.4 Å². The summed E-state index contributed by atoms with van der Waals surface area (Å²) >= 11 is 0. The topological polar surface area (TPSA) is 51.3 Å². The van der Waals surface area contributed by atoms with E-state index in [0.29, 0.717) is 0 Å². The van der Waals surface area contributed by atoms with Crippen molar-refractivity contribution < 1.29 is 0 Å². The minimum atomic E-state index is 0.878. The molecule has 1 aromatic heterocycles. The van der Waals surface area contributed by atoms with Gasteiger partial charge in [0.2, 0.25) is 0 Å². The highest BCUT2D eigenvalue weighted by Gasteiger charge is 1.95. The Hall–Kier alpha value is -1.64. The molecule has 0 aliphatic carbocycles. The molecule has 0 aromatic carbocycles. The van der Waals surface area contributed by atoms with Gasteiger partial charge in [0.05, 0.1) is 11.4 Å². The molecular weight excluding hydrogens is 162 g/mol. The van der Waals surface area contributed by atoms with Crippen LogP contribution in [0, 0.1) is 13.8 Å². The first-order chi connectivity index (χ1) is 6.24. The summed E-state index contributed by atoms with van der Waals surface area (Å²) in [6.07, 6.45) is 4.78. The zero-order valence-electron chi connectivity index (χ0n) is 7.86. The van der Waals surface area contributed by atoms with E-state index in [9.17, 15) is 0 Å². The minimum Gasteiger partial charge on any atom is -0.405 e. The molecule has 2 N–H and O–H groups in total. The molecule has 0 spiro atoms. The molecule has 0 amide bonds. The van der Waals surface area contributed by atoms with Crippen LogP contribution in [-0.4, -0.2) is 11.2 Å². The van der Waals surface area contributed by atoms with Gasteiger partial charge in [-0.3, -0.25) is 9.98 Å². The summed E-state index contributed by atoms with van der Waals surface area (Å²) < 4.78 is 0. The molecular formula is C10H13N3. The van der Waals surface area contributed by atoms with Gasteiger partial charge in [0.1, 0.15) is 0 Å². The lowest BCUT2D eigenvalue weighted by atomic mass is 10.3. The maximum absolute atomic E-state index is 5.17. The standard InChI is InChI=1S/C10H13N3/c1-8-4-5-10(9(2)13-8)12-7-3-6-11/h3-7H,11H2,1-2H3/b6-3-,12-7+. The number of nitrogens with two attached hydrogens (primary N) is 1.